The molecule has 0 spiro atoms. The van der Waals surface area contributed by atoms with Gasteiger partial charge in [0.05, 0.1) is 5.76 Å². The maximum Gasteiger partial charge on any atom is 0.159 e. The summed E-state index contributed by atoms with van der Waals surface area (Å²) in [5.74, 6) is 0.583. The second-order valence-corrected chi connectivity index (χ2v) is 2.86. The molecule has 10 heavy (non-hydrogen) atoms. The van der Waals surface area contributed by atoms with Crippen molar-refractivity contribution in [2.75, 3.05) is 0 Å². The van der Waals surface area contributed by atoms with E-state index in [1.807, 2.05) is 6.92 Å². The Labute approximate surface area is 60.6 Å². The van der Waals surface area contributed by atoms with E-state index in [9.17, 15) is 9.90 Å². The summed E-state index contributed by atoms with van der Waals surface area (Å²) in [7, 11) is 0. The third-order valence-corrected chi connectivity index (χ3v) is 2.00. The Balaban J connectivity index is 2.88. The largest absolute Gasteiger partial charge is 0.512 e. The first-order chi connectivity index (χ1) is 4.63. The number of Topliss-reactive ketones (excluding diaryl/α,β-unsaturated/α-hetero) is 1. The van der Waals surface area contributed by atoms with E-state index in [1.165, 1.54) is 6.92 Å². The van der Waals surface area contributed by atoms with E-state index >= 15 is 0 Å². The van der Waals surface area contributed by atoms with Crippen LogP contribution in [0.5, 0.6) is 0 Å². The van der Waals surface area contributed by atoms with Crippen molar-refractivity contribution >= 4 is 5.78 Å². The Morgan fingerprint density at radius 3 is 2.50 bits per heavy atom. The Kier molecular flexibility index (Phi) is 1.79. The van der Waals surface area contributed by atoms with Crippen molar-refractivity contribution < 1.29 is 9.90 Å². The summed E-state index contributed by atoms with van der Waals surface area (Å²) < 4.78 is 0. The summed E-state index contributed by atoms with van der Waals surface area (Å²) >= 11 is 0. The topological polar surface area (TPSA) is 37.3 Å². The number of allylic oxidation sites excluding steroid dienone is 2. The van der Waals surface area contributed by atoms with Crippen LogP contribution in [0.15, 0.2) is 11.3 Å². The van der Waals surface area contributed by atoms with E-state index in [1.54, 1.807) is 0 Å². The summed E-state index contributed by atoms with van der Waals surface area (Å²) in [6, 6.07) is 0. The number of carbonyl (C=O) groups is 1. The monoisotopic (exact) mass is 140 g/mol. The zero-order valence-corrected chi connectivity index (χ0v) is 6.35. The van der Waals surface area contributed by atoms with E-state index in [0.717, 1.165) is 6.42 Å². The lowest BCUT2D eigenvalue weighted by molar-refractivity contribution is -0.114. The summed E-state index contributed by atoms with van der Waals surface area (Å²) in [6.45, 7) is 3.48. The third-order valence-electron chi connectivity index (χ3n) is 2.00. The summed E-state index contributed by atoms with van der Waals surface area (Å²) in [4.78, 5) is 10.8. The van der Waals surface area contributed by atoms with Gasteiger partial charge in [-0.15, -0.1) is 0 Å². The van der Waals surface area contributed by atoms with Crippen LogP contribution in [0.3, 0.4) is 0 Å². The van der Waals surface area contributed by atoms with Crippen molar-refractivity contribution in [2.24, 2.45) is 5.92 Å². The van der Waals surface area contributed by atoms with Gasteiger partial charge in [0, 0.05) is 12.0 Å². The molecule has 0 bridgehead atoms. The lowest BCUT2D eigenvalue weighted by Crippen LogP contribution is -2.03. The molecule has 1 N–H and O–H groups in total. The highest BCUT2D eigenvalue weighted by atomic mass is 16.3. The minimum atomic E-state index is 0.0162. The van der Waals surface area contributed by atoms with Crippen LogP contribution in [0.4, 0.5) is 0 Å². The molecular weight excluding hydrogens is 128 g/mol. The second kappa shape index (κ2) is 2.45. The average Bonchev–Trinajstić information content (AvgIpc) is 2.11. The van der Waals surface area contributed by atoms with E-state index in [4.69, 9.17) is 0 Å². The molecular formula is C8H12O2. The zero-order chi connectivity index (χ0) is 7.72. The smallest absolute Gasteiger partial charge is 0.159 e. The molecule has 1 unspecified atom stereocenters. The van der Waals surface area contributed by atoms with Crippen LogP contribution in [-0.4, -0.2) is 10.9 Å². The van der Waals surface area contributed by atoms with Crippen LogP contribution in [0.25, 0.3) is 0 Å². The normalized spacial score (nSPS) is 25.6. The van der Waals surface area contributed by atoms with Gasteiger partial charge in [-0.3, -0.25) is 4.79 Å². The number of hydrogen-bond acceptors (Lipinski definition) is 2. The van der Waals surface area contributed by atoms with Crippen LogP contribution in [0.2, 0.25) is 0 Å². The molecule has 0 saturated heterocycles. The van der Waals surface area contributed by atoms with E-state index in [0.29, 0.717) is 17.8 Å². The van der Waals surface area contributed by atoms with Crippen LogP contribution in [0.1, 0.15) is 26.7 Å². The predicted octanol–water partition coefficient (Wildman–Crippen LogP) is 1.82. The summed E-state index contributed by atoms with van der Waals surface area (Å²) in [5.41, 5.74) is 0.639. The fraction of sp³-hybridized carbons (Fsp3) is 0.625. The van der Waals surface area contributed by atoms with Gasteiger partial charge in [-0.05, 0) is 19.3 Å². The van der Waals surface area contributed by atoms with Crippen molar-refractivity contribution in [1.29, 1.82) is 0 Å². The standard InChI is InChI=1S/C8H12O2/c1-5-3-4-7(10)8(5)6(2)9/h5,10H,3-4H2,1-2H3. The van der Waals surface area contributed by atoms with Gasteiger partial charge >= 0.3 is 0 Å². The van der Waals surface area contributed by atoms with Gasteiger partial charge in [0.25, 0.3) is 0 Å². The van der Waals surface area contributed by atoms with Gasteiger partial charge in [0.15, 0.2) is 5.78 Å². The molecule has 0 saturated carbocycles. The number of carbonyl (C=O) groups excluding carboxylic acids is 1. The quantitative estimate of drug-likeness (QED) is 0.603. The minimum Gasteiger partial charge on any atom is -0.512 e. The highest BCUT2D eigenvalue weighted by Crippen LogP contribution is 2.30. The Bertz CT molecular complexity index is 191. The van der Waals surface area contributed by atoms with Crippen molar-refractivity contribution in [3.8, 4) is 0 Å². The first-order valence-electron chi connectivity index (χ1n) is 3.56. The first-order valence-corrected chi connectivity index (χ1v) is 3.56. The second-order valence-electron chi connectivity index (χ2n) is 2.86. The van der Waals surface area contributed by atoms with Crippen LogP contribution < -0.4 is 0 Å². The van der Waals surface area contributed by atoms with Crippen LogP contribution in [0, 0.1) is 5.92 Å². The summed E-state index contributed by atoms with van der Waals surface area (Å²) in [6.07, 6.45) is 1.59. The highest BCUT2D eigenvalue weighted by molar-refractivity contribution is 5.94. The zero-order valence-electron chi connectivity index (χ0n) is 6.35. The van der Waals surface area contributed by atoms with Crippen molar-refractivity contribution in [1.82, 2.24) is 0 Å². The molecule has 1 rings (SSSR count). The van der Waals surface area contributed by atoms with Gasteiger partial charge in [-0.1, -0.05) is 6.92 Å². The van der Waals surface area contributed by atoms with Gasteiger partial charge in [-0.2, -0.15) is 0 Å². The number of hydrogen-bond donors (Lipinski definition) is 1. The molecule has 56 valence electrons. The molecule has 0 fully saturated rings. The fourth-order valence-corrected chi connectivity index (χ4v) is 1.47. The fourth-order valence-electron chi connectivity index (χ4n) is 1.47. The van der Waals surface area contributed by atoms with E-state index in [-0.39, 0.29) is 11.7 Å². The lowest BCUT2D eigenvalue weighted by atomic mass is 10.0. The molecule has 1 aliphatic carbocycles. The van der Waals surface area contributed by atoms with Gasteiger partial charge < -0.3 is 5.11 Å². The molecule has 0 radical (unpaired) electrons. The first kappa shape index (κ1) is 7.32. The van der Waals surface area contributed by atoms with Crippen molar-refractivity contribution in [2.45, 2.75) is 26.7 Å². The maximum absolute atomic E-state index is 10.8. The molecule has 0 heterocycles. The Morgan fingerprint density at radius 2 is 2.30 bits per heavy atom. The SMILES string of the molecule is CC(=O)C1=C(O)CCC1C. The molecule has 2 heteroatoms. The highest BCUT2D eigenvalue weighted by Gasteiger charge is 2.24. The van der Waals surface area contributed by atoms with Crippen molar-refractivity contribution in [3.63, 3.8) is 0 Å². The molecule has 0 aromatic carbocycles. The maximum atomic E-state index is 10.8. The number of ketones is 1. The van der Waals surface area contributed by atoms with Crippen molar-refractivity contribution in [3.05, 3.63) is 11.3 Å². The molecule has 1 aliphatic rings. The van der Waals surface area contributed by atoms with Crippen LogP contribution >= 0.6 is 0 Å². The predicted molar refractivity (Wildman–Crippen MR) is 38.7 cm³/mol. The van der Waals surface area contributed by atoms with E-state index < -0.39 is 0 Å². The Morgan fingerprint density at radius 1 is 1.70 bits per heavy atom. The van der Waals surface area contributed by atoms with E-state index in [2.05, 4.69) is 0 Å². The third kappa shape index (κ3) is 1.06. The number of aliphatic hydroxyl groups is 1. The van der Waals surface area contributed by atoms with Gasteiger partial charge in [-0.25, -0.2) is 0 Å². The van der Waals surface area contributed by atoms with Gasteiger partial charge in [0.1, 0.15) is 0 Å². The number of aliphatic hydroxyl groups excluding tert-OH is 1. The molecule has 0 aliphatic heterocycles. The lowest BCUT2D eigenvalue weighted by Gasteiger charge is -2.02. The summed E-state index contributed by atoms with van der Waals surface area (Å²) in [5, 5.41) is 9.19. The van der Waals surface area contributed by atoms with Crippen LogP contribution in [-0.2, 0) is 4.79 Å². The molecule has 2 nitrogen and oxygen atoms in total. The van der Waals surface area contributed by atoms with Gasteiger partial charge in [0.2, 0.25) is 0 Å². The average molecular weight is 140 g/mol. The number of rotatable bonds is 1. The molecule has 0 amide bonds. The Hall–Kier alpha value is -0.790. The molecule has 1 atom stereocenters. The molecule has 0 aromatic rings. The minimum absolute atomic E-state index is 0.0162. The molecule has 0 aromatic heterocycles.